The Morgan fingerprint density at radius 2 is 0.564 bits per heavy atom. The Morgan fingerprint density at radius 1 is 0.319 bits per heavy atom. The summed E-state index contributed by atoms with van der Waals surface area (Å²) in [6, 6.07) is 34.0. The van der Waals surface area contributed by atoms with E-state index in [1.165, 1.54) is 12.1 Å². The summed E-state index contributed by atoms with van der Waals surface area (Å²) in [5, 5.41) is 66.4. The Kier molecular flexibility index (Phi) is 30.6. The average molecular weight is 1720 g/mol. The van der Waals surface area contributed by atoms with Gasteiger partial charge in [-0.15, -0.1) is 22.7 Å². The molecule has 0 spiro atoms. The van der Waals surface area contributed by atoms with E-state index in [-0.39, 0.29) is 86.1 Å². The average Bonchev–Trinajstić information content (AvgIpc) is 1.56. The van der Waals surface area contributed by atoms with E-state index < -0.39 is 120 Å². The molecule has 94 heavy (non-hydrogen) atoms. The first-order valence-corrected chi connectivity index (χ1v) is 24.6. The number of halogens is 24. The van der Waals surface area contributed by atoms with Gasteiger partial charge in [0.15, 0.2) is 0 Å². The topological polar surface area (TPSA) is 258 Å². The van der Waals surface area contributed by atoms with E-state index in [4.69, 9.17) is 0 Å². The number of alkyl halides is 24. The molecule has 0 saturated carbocycles. The number of ketones is 4. The molecule has 14 nitrogen and oxygen atoms in total. The van der Waals surface area contributed by atoms with Crippen LogP contribution in [0.25, 0.3) is 63.6 Å². The van der Waals surface area contributed by atoms with Crippen molar-refractivity contribution >= 4 is 88.0 Å². The fourth-order valence-corrected chi connectivity index (χ4v) is 7.44. The maximum absolute atomic E-state index is 11.9. The van der Waals surface area contributed by atoms with Crippen LogP contribution in [-0.2, 0) is 19.2 Å². The second-order valence-corrected chi connectivity index (χ2v) is 18.6. The van der Waals surface area contributed by atoms with Gasteiger partial charge in [0.05, 0.1) is 42.9 Å². The van der Waals surface area contributed by atoms with Gasteiger partial charge < -0.3 is 30.6 Å². The van der Waals surface area contributed by atoms with Crippen LogP contribution < -0.4 is 30.6 Å². The van der Waals surface area contributed by atoms with Gasteiger partial charge >= 0.3 is 124 Å². The molecule has 0 unspecified atom stereocenters. The van der Waals surface area contributed by atoms with Gasteiger partial charge in [-0.3, -0.25) is 19.2 Å². The maximum atomic E-state index is 11.9. The molecule has 514 valence electrons. The molecule has 0 amide bonds. The monoisotopic (exact) mass is 1710 g/mol. The van der Waals surface area contributed by atoms with Crippen LogP contribution in [-0.4, -0.2) is 92.5 Å². The minimum atomic E-state index is -5.46. The standard InChI is InChI=1S/2C16H10N2OS.4C5H2F6O2.2Er/c2*19-13-6-3-4-10-8-9-12(17-15(10)13)16-18-11-5-1-2-7-14(11)20-16;4*6-4(7,8)2(12)1-3(13)5(9,10)11;;/h2*1-9,19H;4*1,12H;;/q;;;;;;2*+3/p-6/b;;4*2-1-;;. The molecule has 0 bridgehead atoms. The number of thiazole rings is 2. The van der Waals surface area contributed by atoms with Gasteiger partial charge in [0.25, 0.3) is 23.1 Å². The Morgan fingerprint density at radius 3 is 0.787 bits per heavy atom. The van der Waals surface area contributed by atoms with Crippen molar-refractivity contribution in [3.05, 3.63) is 157 Å². The molecule has 4 aromatic heterocycles. The number of para-hydroxylation sites is 4. The molecule has 8 rings (SSSR count). The number of aromatic nitrogens is 4. The molecule has 0 aliphatic carbocycles. The Bertz CT molecular complexity index is 3650. The summed E-state index contributed by atoms with van der Waals surface area (Å²) in [6.45, 7) is 0. The summed E-state index contributed by atoms with van der Waals surface area (Å²) in [7, 11) is 0. The number of carbonyl (C=O) groups is 4. The molecule has 2 radical (unpaired) electrons. The molecule has 42 heteroatoms. The predicted octanol–water partition coefficient (Wildman–Crippen LogP) is 10.9. The van der Waals surface area contributed by atoms with E-state index in [2.05, 4.69) is 19.9 Å². The molecule has 4 aromatic carbocycles. The van der Waals surface area contributed by atoms with Crippen LogP contribution in [0, 0.1) is 74.6 Å². The summed E-state index contributed by atoms with van der Waals surface area (Å²) in [5.41, 5.74) is 4.44. The van der Waals surface area contributed by atoms with Crippen LogP contribution >= 0.6 is 22.7 Å². The van der Waals surface area contributed by atoms with Gasteiger partial charge in [0.1, 0.15) is 10.0 Å². The third-order valence-corrected chi connectivity index (χ3v) is 11.8. The molecule has 0 atom stereocenters. The smallest absolute Gasteiger partial charge is 0.871 e. The molecule has 8 aromatic rings. The number of carbonyl (C=O) groups excluding carboxylic acids is 4. The molecule has 0 aliphatic heterocycles. The van der Waals surface area contributed by atoms with Crippen LogP contribution in [0.15, 0.2) is 157 Å². The minimum Gasteiger partial charge on any atom is -0.871 e. The van der Waals surface area contributed by atoms with Crippen molar-refractivity contribution in [2.24, 2.45) is 0 Å². The van der Waals surface area contributed by atoms with E-state index >= 15 is 0 Å². The number of allylic oxidation sites excluding steroid dienone is 8. The summed E-state index contributed by atoms with van der Waals surface area (Å²) in [5.74, 6) is -22.7. The SMILES string of the molecule is O=C(/C=C(\[O-])C(F)(F)F)C(F)(F)F.O=C(/C=C(\[O-])C(F)(F)F)C(F)(F)F.O=C(/C=C(\[O-])C(F)(F)F)C(F)(F)F.O=C(/C=C(\[O-])C(F)(F)F)C(F)(F)F.[Er+3].[Er+3].[O-]c1cccc2ccc(-c3nc4ccccc4s3)nc12.[O-]c1cccc2ccc(-c3nc4ccccc4s3)nc12. The van der Waals surface area contributed by atoms with Crippen molar-refractivity contribution in [3.63, 3.8) is 0 Å². The first kappa shape index (κ1) is 84.7. The summed E-state index contributed by atoms with van der Waals surface area (Å²) < 4.78 is 273. The molecule has 0 aliphatic rings. The van der Waals surface area contributed by atoms with Gasteiger partial charge in [0.2, 0.25) is 0 Å². The van der Waals surface area contributed by atoms with Crippen molar-refractivity contribution in [2.45, 2.75) is 49.4 Å². The first-order chi connectivity index (χ1) is 41.8. The van der Waals surface area contributed by atoms with Crippen molar-refractivity contribution in [2.75, 3.05) is 0 Å². The normalized spacial score (nSPS) is 12.8. The fraction of sp³-hybridized carbons (Fsp3) is 0.154. The zero-order valence-electron chi connectivity index (χ0n) is 44.0. The minimum absolute atomic E-state index is 0. The third-order valence-electron chi connectivity index (χ3n) is 9.68. The Balaban J connectivity index is 0.000000571. The number of benzene rings is 4. The van der Waals surface area contributed by atoms with E-state index in [9.17, 15) is 155 Å². The van der Waals surface area contributed by atoms with Gasteiger partial charge in [-0.1, -0.05) is 84.3 Å². The molecular weight excluding hydrogens is 1700 g/mol. The van der Waals surface area contributed by atoms with E-state index in [1.54, 1.807) is 34.8 Å². The second-order valence-electron chi connectivity index (χ2n) is 16.5. The van der Waals surface area contributed by atoms with E-state index in [1.807, 2.05) is 84.9 Å². The fourth-order valence-electron chi connectivity index (χ4n) is 5.57. The number of fused-ring (bicyclic) bond motifs is 4. The molecule has 0 saturated heterocycles. The summed E-state index contributed by atoms with van der Waals surface area (Å²) in [4.78, 5) is 57.4. The van der Waals surface area contributed by atoms with Gasteiger partial charge in [-0.05, 0) is 94.5 Å². The zero-order valence-corrected chi connectivity index (χ0v) is 49.4. The van der Waals surface area contributed by atoms with Crippen molar-refractivity contribution < 1.29 is 230 Å². The zero-order chi connectivity index (χ0) is 70.5. The maximum Gasteiger partial charge on any atom is 3.00 e. The van der Waals surface area contributed by atoms with E-state index in [0.29, 0.717) is 11.0 Å². The molecule has 0 fully saturated rings. The number of rotatable bonds is 6. The summed E-state index contributed by atoms with van der Waals surface area (Å²) >= 11 is 3.18. The predicted molar refractivity (Wildman–Crippen MR) is 260 cm³/mol. The van der Waals surface area contributed by atoms with Crippen LogP contribution in [0.5, 0.6) is 11.5 Å². The second kappa shape index (κ2) is 33.9. The van der Waals surface area contributed by atoms with Gasteiger partial charge in [-0.25, -0.2) is 19.9 Å². The molecule has 0 N–H and O–H groups in total. The van der Waals surface area contributed by atoms with Crippen LogP contribution in [0.4, 0.5) is 105 Å². The van der Waals surface area contributed by atoms with Crippen LogP contribution in [0.2, 0.25) is 0 Å². The van der Waals surface area contributed by atoms with Crippen LogP contribution in [0.1, 0.15) is 0 Å². The van der Waals surface area contributed by atoms with E-state index in [0.717, 1.165) is 52.6 Å². The summed E-state index contributed by atoms with van der Waals surface area (Å²) in [6.07, 6.45) is -47.8. The van der Waals surface area contributed by atoms with Crippen molar-refractivity contribution in [1.29, 1.82) is 0 Å². The van der Waals surface area contributed by atoms with Crippen molar-refractivity contribution in [1.82, 2.24) is 19.9 Å². The number of pyridine rings is 2. The number of hydrogen-bond acceptors (Lipinski definition) is 16. The largest absolute Gasteiger partial charge is 3.00 e. The third kappa shape index (κ3) is 26.9. The quantitative estimate of drug-likeness (QED) is 0.0852. The van der Waals surface area contributed by atoms with Gasteiger partial charge in [0, 0.05) is 0 Å². The Hall–Kier alpha value is -7.27. The first-order valence-electron chi connectivity index (χ1n) is 23.0. The number of hydrogen-bond donors (Lipinski definition) is 0. The Labute approximate surface area is 572 Å². The molecule has 4 heterocycles. The van der Waals surface area contributed by atoms with Crippen LogP contribution in [0.3, 0.4) is 0 Å². The molecular formula is C52H22Er2F24N4O10S2. The number of nitrogens with zero attached hydrogens (tertiary/aromatic N) is 4. The van der Waals surface area contributed by atoms with Crippen molar-refractivity contribution in [3.8, 4) is 32.9 Å². The van der Waals surface area contributed by atoms with Gasteiger partial charge in [-0.2, -0.15) is 105 Å².